The number of carbonyl (C=O) groups excluding carboxylic acids is 1. The molecule has 0 bridgehead atoms. The molecule has 1 unspecified atom stereocenters. The summed E-state index contributed by atoms with van der Waals surface area (Å²) in [6.45, 7) is 1.35. The smallest absolute Gasteiger partial charge is 0.227 e. The van der Waals surface area contributed by atoms with E-state index in [1.165, 1.54) is 0 Å². The third-order valence-corrected chi connectivity index (χ3v) is 6.19. The molecule has 0 fully saturated rings. The summed E-state index contributed by atoms with van der Waals surface area (Å²) in [5, 5.41) is 0. The van der Waals surface area contributed by atoms with Crippen LogP contribution in [-0.4, -0.2) is 45.8 Å². The number of amides is 1. The molecule has 1 atom stereocenters. The van der Waals surface area contributed by atoms with Gasteiger partial charge in [-0.15, -0.1) is 0 Å². The molecule has 1 aliphatic rings. The molecule has 4 rings (SSSR count). The van der Waals surface area contributed by atoms with Crippen LogP contribution in [-0.2, 0) is 29.1 Å². The molecule has 3 aromatic rings. The van der Waals surface area contributed by atoms with Gasteiger partial charge >= 0.3 is 0 Å². The fourth-order valence-electron chi connectivity index (χ4n) is 4.32. The summed E-state index contributed by atoms with van der Waals surface area (Å²) in [6, 6.07) is 19.4. The van der Waals surface area contributed by atoms with E-state index in [1.54, 1.807) is 28.4 Å². The predicted molar refractivity (Wildman–Crippen MR) is 132 cm³/mol. The van der Waals surface area contributed by atoms with Crippen LogP contribution in [0.5, 0.6) is 23.0 Å². The minimum Gasteiger partial charge on any atom is -0.493 e. The maximum absolute atomic E-state index is 13.4. The van der Waals surface area contributed by atoms with Crippen molar-refractivity contribution in [1.82, 2.24) is 4.90 Å². The van der Waals surface area contributed by atoms with Gasteiger partial charge in [-0.2, -0.15) is 0 Å². The summed E-state index contributed by atoms with van der Waals surface area (Å²) in [4.78, 5) is 15.2. The molecule has 3 aromatic carbocycles. The molecule has 0 N–H and O–H groups in total. The van der Waals surface area contributed by atoms with Crippen LogP contribution in [0.25, 0.3) is 0 Å². The molecule has 7 heteroatoms. The van der Waals surface area contributed by atoms with Crippen LogP contribution in [0, 0.1) is 0 Å². The average Bonchev–Trinajstić information content (AvgIpc) is 2.91. The summed E-state index contributed by atoms with van der Waals surface area (Å²) in [7, 11) is 6.40. The van der Waals surface area contributed by atoms with Gasteiger partial charge in [-0.3, -0.25) is 4.79 Å². The lowest BCUT2D eigenvalue weighted by atomic mass is 9.95. The number of hydrogen-bond acceptors (Lipinski definition) is 6. The second kappa shape index (κ2) is 11.1. The average molecular weight is 478 g/mol. The molecule has 7 nitrogen and oxygen atoms in total. The lowest BCUT2D eigenvalue weighted by Crippen LogP contribution is -2.39. The standard InChI is InChI=1S/C28H31NO6/c1-31-23-11-10-20(12-24(23)32-2)13-28(30)29-16-21-14-25(33-3)26(34-4)15-22(21)27(17-29)35-18-19-8-6-5-7-9-19/h5-12,14-15,27H,13,16-18H2,1-4H3. The Balaban J connectivity index is 1.58. The van der Waals surface area contributed by atoms with E-state index in [1.807, 2.05) is 65.6 Å². The molecule has 1 aliphatic heterocycles. The van der Waals surface area contributed by atoms with E-state index in [9.17, 15) is 4.79 Å². The van der Waals surface area contributed by atoms with E-state index < -0.39 is 0 Å². The molecule has 0 aromatic heterocycles. The highest BCUT2D eigenvalue weighted by molar-refractivity contribution is 5.79. The molecule has 0 aliphatic carbocycles. The Morgan fingerprint density at radius 3 is 2.14 bits per heavy atom. The number of hydrogen-bond donors (Lipinski definition) is 0. The topological polar surface area (TPSA) is 66.5 Å². The zero-order chi connectivity index (χ0) is 24.8. The van der Waals surface area contributed by atoms with Gasteiger partial charge in [0.15, 0.2) is 23.0 Å². The van der Waals surface area contributed by atoms with Crippen LogP contribution in [0.3, 0.4) is 0 Å². The molecule has 1 amide bonds. The second-order valence-corrected chi connectivity index (χ2v) is 8.33. The molecule has 0 radical (unpaired) electrons. The maximum atomic E-state index is 13.4. The summed E-state index contributed by atoms with van der Waals surface area (Å²) >= 11 is 0. The Morgan fingerprint density at radius 2 is 1.46 bits per heavy atom. The fourth-order valence-corrected chi connectivity index (χ4v) is 4.32. The number of carbonyl (C=O) groups is 1. The number of fused-ring (bicyclic) bond motifs is 1. The number of benzene rings is 3. The molecule has 0 spiro atoms. The Bertz CT molecular complexity index is 1160. The highest BCUT2D eigenvalue weighted by atomic mass is 16.5. The zero-order valence-corrected chi connectivity index (χ0v) is 20.6. The van der Waals surface area contributed by atoms with Crippen molar-refractivity contribution in [3.05, 3.63) is 82.9 Å². The summed E-state index contributed by atoms with van der Waals surface area (Å²) < 4.78 is 28.1. The molecule has 35 heavy (non-hydrogen) atoms. The molecule has 0 saturated carbocycles. The molecule has 1 heterocycles. The van der Waals surface area contributed by atoms with E-state index >= 15 is 0 Å². The van der Waals surface area contributed by atoms with Crippen LogP contribution < -0.4 is 18.9 Å². The monoisotopic (exact) mass is 477 g/mol. The van der Waals surface area contributed by atoms with Crippen LogP contribution in [0.4, 0.5) is 0 Å². The normalized spacial score (nSPS) is 14.7. The van der Waals surface area contributed by atoms with Crippen molar-refractivity contribution in [3.63, 3.8) is 0 Å². The van der Waals surface area contributed by atoms with E-state index in [4.69, 9.17) is 23.7 Å². The van der Waals surface area contributed by atoms with Crippen molar-refractivity contribution in [2.45, 2.75) is 25.7 Å². The van der Waals surface area contributed by atoms with E-state index in [-0.39, 0.29) is 18.4 Å². The van der Waals surface area contributed by atoms with Crippen LogP contribution in [0.2, 0.25) is 0 Å². The van der Waals surface area contributed by atoms with Crippen molar-refractivity contribution in [1.29, 1.82) is 0 Å². The first-order chi connectivity index (χ1) is 17.1. The predicted octanol–water partition coefficient (Wildman–Crippen LogP) is 4.56. The van der Waals surface area contributed by atoms with Gasteiger partial charge in [0.1, 0.15) is 6.10 Å². The van der Waals surface area contributed by atoms with Crippen molar-refractivity contribution in [2.24, 2.45) is 0 Å². The van der Waals surface area contributed by atoms with Crippen molar-refractivity contribution < 1.29 is 28.5 Å². The van der Waals surface area contributed by atoms with Gasteiger partial charge in [-0.05, 0) is 46.5 Å². The van der Waals surface area contributed by atoms with Crippen LogP contribution in [0.15, 0.2) is 60.7 Å². The zero-order valence-electron chi connectivity index (χ0n) is 20.6. The minimum atomic E-state index is -0.298. The third kappa shape index (κ3) is 5.52. The highest BCUT2D eigenvalue weighted by Gasteiger charge is 2.30. The van der Waals surface area contributed by atoms with Gasteiger partial charge in [0.2, 0.25) is 5.91 Å². The van der Waals surface area contributed by atoms with Gasteiger partial charge in [0, 0.05) is 6.54 Å². The highest BCUT2D eigenvalue weighted by Crippen LogP contribution is 2.38. The minimum absolute atomic E-state index is 0.00552. The first-order valence-corrected chi connectivity index (χ1v) is 11.4. The van der Waals surface area contributed by atoms with Gasteiger partial charge < -0.3 is 28.6 Å². The third-order valence-electron chi connectivity index (χ3n) is 6.19. The largest absolute Gasteiger partial charge is 0.493 e. The molecule has 0 saturated heterocycles. The van der Waals surface area contributed by atoms with Crippen molar-refractivity contribution >= 4 is 5.91 Å². The maximum Gasteiger partial charge on any atom is 0.227 e. The van der Waals surface area contributed by atoms with E-state index in [0.717, 1.165) is 22.3 Å². The Labute approximate surface area is 206 Å². The number of methoxy groups -OCH3 is 4. The quantitative estimate of drug-likeness (QED) is 0.450. The number of nitrogens with zero attached hydrogens (tertiary/aromatic N) is 1. The Morgan fingerprint density at radius 1 is 0.800 bits per heavy atom. The lowest BCUT2D eigenvalue weighted by Gasteiger charge is -2.35. The fraction of sp³-hybridized carbons (Fsp3) is 0.321. The van der Waals surface area contributed by atoms with E-state index in [0.29, 0.717) is 42.7 Å². The van der Waals surface area contributed by atoms with Crippen molar-refractivity contribution in [3.8, 4) is 23.0 Å². The molecular formula is C28H31NO6. The molecular weight excluding hydrogens is 446 g/mol. The van der Waals surface area contributed by atoms with Gasteiger partial charge in [-0.1, -0.05) is 36.4 Å². The SMILES string of the molecule is COc1ccc(CC(=O)N2Cc3cc(OC)c(OC)cc3C(OCc3ccccc3)C2)cc1OC. The van der Waals surface area contributed by atoms with Gasteiger partial charge in [0.25, 0.3) is 0 Å². The van der Waals surface area contributed by atoms with Crippen molar-refractivity contribution in [2.75, 3.05) is 35.0 Å². The summed E-state index contributed by atoms with van der Waals surface area (Å²) in [5.41, 5.74) is 3.91. The van der Waals surface area contributed by atoms with Gasteiger partial charge in [-0.25, -0.2) is 0 Å². The second-order valence-electron chi connectivity index (χ2n) is 8.33. The van der Waals surface area contributed by atoms with Crippen LogP contribution >= 0.6 is 0 Å². The lowest BCUT2D eigenvalue weighted by molar-refractivity contribution is -0.134. The first-order valence-electron chi connectivity index (χ1n) is 11.4. The Kier molecular flexibility index (Phi) is 7.77. The first kappa shape index (κ1) is 24.4. The van der Waals surface area contributed by atoms with E-state index in [2.05, 4.69) is 0 Å². The molecule has 184 valence electrons. The Hall–Kier alpha value is -3.71. The van der Waals surface area contributed by atoms with Crippen LogP contribution in [0.1, 0.15) is 28.4 Å². The number of rotatable bonds is 9. The number of ether oxygens (including phenoxy) is 5. The summed E-state index contributed by atoms with van der Waals surface area (Å²) in [6.07, 6.45) is -0.0536. The van der Waals surface area contributed by atoms with Gasteiger partial charge in [0.05, 0.1) is 48.0 Å². The summed E-state index contributed by atoms with van der Waals surface area (Å²) in [5.74, 6) is 2.51.